The highest BCUT2D eigenvalue weighted by Crippen LogP contribution is 2.19. The number of hydrogen-bond acceptors (Lipinski definition) is 4. The van der Waals surface area contributed by atoms with Crippen LogP contribution in [-0.4, -0.2) is 51.6 Å². The summed E-state index contributed by atoms with van der Waals surface area (Å²) >= 11 is 7.71. The first kappa shape index (κ1) is 20.8. The molecule has 7 heteroatoms. The van der Waals surface area contributed by atoms with Crippen LogP contribution >= 0.6 is 23.4 Å². The van der Waals surface area contributed by atoms with Crippen molar-refractivity contribution in [3.8, 4) is 0 Å². The highest BCUT2D eigenvalue weighted by Gasteiger charge is 2.10. The number of nitrogens with zero attached hydrogens (tertiary/aromatic N) is 2. The van der Waals surface area contributed by atoms with E-state index in [1.165, 1.54) is 16.1 Å². The van der Waals surface area contributed by atoms with Crippen molar-refractivity contribution < 1.29 is 4.74 Å². The molecular weight excluding hydrogens is 392 g/mol. The molecule has 28 heavy (non-hydrogen) atoms. The van der Waals surface area contributed by atoms with Gasteiger partial charge >= 0.3 is 0 Å². The zero-order valence-electron chi connectivity index (χ0n) is 16.2. The molecule has 0 radical (unpaired) electrons. The van der Waals surface area contributed by atoms with Crippen LogP contribution in [0.15, 0.2) is 58.4 Å². The van der Waals surface area contributed by atoms with E-state index in [9.17, 15) is 0 Å². The van der Waals surface area contributed by atoms with Crippen molar-refractivity contribution in [2.24, 2.45) is 4.99 Å². The standard InChI is InChI=1S/C21H27ClN4OS/c1-23-21(24-10-15-28-20-8-4-18(22)5-9-20)25-16-17-2-6-19(7-3-17)26-11-13-27-14-12-26/h2-9H,10-16H2,1H3,(H2,23,24,25). The minimum Gasteiger partial charge on any atom is -0.378 e. The molecule has 1 fully saturated rings. The number of aliphatic imine (C=N–C) groups is 1. The van der Waals surface area contributed by atoms with Crippen LogP contribution in [0.5, 0.6) is 0 Å². The number of benzene rings is 2. The van der Waals surface area contributed by atoms with E-state index >= 15 is 0 Å². The Kier molecular flexibility index (Phi) is 8.33. The molecule has 2 aromatic carbocycles. The van der Waals surface area contributed by atoms with Gasteiger partial charge in [0.1, 0.15) is 0 Å². The summed E-state index contributed by atoms with van der Waals surface area (Å²) < 4.78 is 5.41. The van der Waals surface area contributed by atoms with Crippen molar-refractivity contribution in [1.82, 2.24) is 10.6 Å². The van der Waals surface area contributed by atoms with Gasteiger partial charge < -0.3 is 20.3 Å². The third-order valence-corrected chi connectivity index (χ3v) is 5.74. The highest BCUT2D eigenvalue weighted by atomic mass is 35.5. The van der Waals surface area contributed by atoms with E-state index in [1.54, 1.807) is 18.8 Å². The van der Waals surface area contributed by atoms with E-state index in [4.69, 9.17) is 16.3 Å². The van der Waals surface area contributed by atoms with E-state index in [2.05, 4.69) is 44.8 Å². The van der Waals surface area contributed by atoms with Crippen LogP contribution in [0.1, 0.15) is 5.56 Å². The van der Waals surface area contributed by atoms with Crippen LogP contribution in [0, 0.1) is 0 Å². The number of nitrogens with one attached hydrogen (secondary N) is 2. The fraction of sp³-hybridized carbons (Fsp3) is 0.381. The minimum atomic E-state index is 0.743. The number of anilines is 1. The summed E-state index contributed by atoms with van der Waals surface area (Å²) in [5.74, 6) is 1.77. The van der Waals surface area contributed by atoms with Gasteiger partial charge in [0.05, 0.1) is 13.2 Å². The van der Waals surface area contributed by atoms with Gasteiger partial charge in [-0.15, -0.1) is 11.8 Å². The smallest absolute Gasteiger partial charge is 0.191 e. The summed E-state index contributed by atoms with van der Waals surface area (Å²) in [6.07, 6.45) is 0. The molecule has 1 aliphatic heterocycles. The van der Waals surface area contributed by atoms with Crippen LogP contribution in [0.25, 0.3) is 0 Å². The van der Waals surface area contributed by atoms with Gasteiger partial charge in [0.25, 0.3) is 0 Å². The van der Waals surface area contributed by atoms with Crippen molar-refractivity contribution in [3.63, 3.8) is 0 Å². The number of ether oxygens (including phenoxy) is 1. The fourth-order valence-corrected chi connectivity index (χ4v) is 3.82. The number of morpholine rings is 1. The quantitative estimate of drug-likeness (QED) is 0.311. The number of rotatable bonds is 7. The van der Waals surface area contributed by atoms with Gasteiger partial charge in [-0.2, -0.15) is 0 Å². The van der Waals surface area contributed by atoms with Crippen LogP contribution in [0.4, 0.5) is 5.69 Å². The maximum atomic E-state index is 5.91. The fourth-order valence-electron chi connectivity index (χ4n) is 2.92. The second kappa shape index (κ2) is 11.2. The normalized spacial score (nSPS) is 14.8. The zero-order valence-corrected chi connectivity index (χ0v) is 17.7. The first-order valence-corrected chi connectivity index (χ1v) is 10.9. The Bertz CT molecular complexity index is 746. The number of guanidine groups is 1. The molecule has 0 aromatic heterocycles. The molecule has 2 aromatic rings. The maximum Gasteiger partial charge on any atom is 0.191 e. The SMILES string of the molecule is CN=C(NCCSc1ccc(Cl)cc1)NCc1ccc(N2CCOCC2)cc1. The predicted octanol–water partition coefficient (Wildman–Crippen LogP) is 3.63. The van der Waals surface area contributed by atoms with Gasteiger partial charge in [-0.1, -0.05) is 23.7 Å². The topological polar surface area (TPSA) is 48.9 Å². The van der Waals surface area contributed by atoms with E-state index in [0.717, 1.165) is 56.1 Å². The molecule has 0 aliphatic carbocycles. The predicted molar refractivity (Wildman–Crippen MR) is 120 cm³/mol. The third-order valence-electron chi connectivity index (χ3n) is 4.47. The molecule has 1 saturated heterocycles. The van der Waals surface area contributed by atoms with Crippen molar-refractivity contribution in [2.75, 3.05) is 50.5 Å². The van der Waals surface area contributed by atoms with Gasteiger partial charge in [-0.05, 0) is 42.0 Å². The molecule has 0 saturated carbocycles. The first-order chi connectivity index (χ1) is 13.7. The largest absolute Gasteiger partial charge is 0.378 e. The molecule has 5 nitrogen and oxygen atoms in total. The number of halogens is 1. The monoisotopic (exact) mass is 418 g/mol. The lowest BCUT2D eigenvalue weighted by molar-refractivity contribution is 0.122. The molecule has 0 spiro atoms. The molecule has 1 heterocycles. The highest BCUT2D eigenvalue weighted by molar-refractivity contribution is 7.99. The van der Waals surface area contributed by atoms with Crippen LogP contribution < -0.4 is 15.5 Å². The molecule has 0 atom stereocenters. The summed E-state index contributed by atoms with van der Waals surface area (Å²) in [5.41, 5.74) is 2.49. The maximum absolute atomic E-state index is 5.91. The van der Waals surface area contributed by atoms with Gasteiger partial charge in [0.2, 0.25) is 0 Å². The Hall–Kier alpha value is -1.89. The molecule has 3 rings (SSSR count). The Labute approximate surface area is 176 Å². The molecule has 2 N–H and O–H groups in total. The number of hydrogen-bond donors (Lipinski definition) is 2. The summed E-state index contributed by atoms with van der Waals surface area (Å²) in [7, 11) is 1.79. The van der Waals surface area contributed by atoms with E-state index in [1.807, 2.05) is 24.3 Å². The van der Waals surface area contributed by atoms with Gasteiger partial charge in [0, 0.05) is 54.6 Å². The molecule has 1 aliphatic rings. The van der Waals surface area contributed by atoms with Gasteiger partial charge in [-0.25, -0.2) is 0 Å². The van der Waals surface area contributed by atoms with Crippen molar-refractivity contribution in [2.45, 2.75) is 11.4 Å². The Morgan fingerprint density at radius 3 is 2.46 bits per heavy atom. The molecule has 0 amide bonds. The lowest BCUT2D eigenvalue weighted by Crippen LogP contribution is -2.38. The van der Waals surface area contributed by atoms with E-state index < -0.39 is 0 Å². The first-order valence-electron chi connectivity index (χ1n) is 9.49. The minimum absolute atomic E-state index is 0.743. The molecular formula is C21H27ClN4OS. The Balaban J connectivity index is 1.38. The second-order valence-corrected chi connectivity index (χ2v) is 8.03. The Morgan fingerprint density at radius 1 is 1.07 bits per heavy atom. The number of thioether (sulfide) groups is 1. The molecule has 0 bridgehead atoms. The van der Waals surface area contributed by atoms with Crippen LogP contribution in [0.3, 0.4) is 0 Å². The Morgan fingerprint density at radius 2 is 1.79 bits per heavy atom. The lowest BCUT2D eigenvalue weighted by atomic mass is 10.2. The average Bonchev–Trinajstić information content (AvgIpc) is 2.75. The molecule has 0 unspecified atom stereocenters. The molecule has 150 valence electrons. The average molecular weight is 419 g/mol. The van der Waals surface area contributed by atoms with Crippen LogP contribution in [0.2, 0.25) is 5.02 Å². The zero-order chi connectivity index (χ0) is 19.6. The van der Waals surface area contributed by atoms with Crippen molar-refractivity contribution in [1.29, 1.82) is 0 Å². The summed E-state index contributed by atoms with van der Waals surface area (Å²) in [6, 6.07) is 16.6. The van der Waals surface area contributed by atoms with Crippen molar-refractivity contribution >= 4 is 35.0 Å². The summed E-state index contributed by atoms with van der Waals surface area (Å²) in [6.45, 7) is 5.11. The second-order valence-electron chi connectivity index (χ2n) is 6.42. The summed E-state index contributed by atoms with van der Waals surface area (Å²) in [4.78, 5) is 7.87. The van der Waals surface area contributed by atoms with Gasteiger partial charge in [-0.3, -0.25) is 4.99 Å². The third kappa shape index (κ3) is 6.62. The van der Waals surface area contributed by atoms with Crippen molar-refractivity contribution in [3.05, 3.63) is 59.1 Å². The summed E-state index contributed by atoms with van der Waals surface area (Å²) in [5, 5.41) is 7.49. The van der Waals surface area contributed by atoms with E-state index in [0.29, 0.717) is 0 Å². The van der Waals surface area contributed by atoms with Gasteiger partial charge in [0.15, 0.2) is 5.96 Å². The van der Waals surface area contributed by atoms with Crippen LogP contribution in [-0.2, 0) is 11.3 Å². The lowest BCUT2D eigenvalue weighted by Gasteiger charge is -2.28. The van der Waals surface area contributed by atoms with E-state index in [-0.39, 0.29) is 0 Å².